The molecule has 0 spiro atoms. The van der Waals surface area contributed by atoms with E-state index in [2.05, 4.69) is 35.8 Å². The van der Waals surface area contributed by atoms with Crippen molar-refractivity contribution in [2.24, 2.45) is 4.99 Å². The molecule has 1 unspecified atom stereocenters. The van der Waals surface area contributed by atoms with E-state index >= 15 is 0 Å². The van der Waals surface area contributed by atoms with E-state index in [0.29, 0.717) is 6.42 Å². The summed E-state index contributed by atoms with van der Waals surface area (Å²) in [6, 6.07) is 8.71. The Morgan fingerprint density at radius 1 is 1.36 bits per heavy atom. The van der Waals surface area contributed by atoms with Crippen LogP contribution in [0.25, 0.3) is 0 Å². The summed E-state index contributed by atoms with van der Waals surface area (Å²) >= 11 is 0. The molecule has 0 bridgehead atoms. The van der Waals surface area contributed by atoms with E-state index in [1.807, 2.05) is 13.1 Å². The minimum atomic E-state index is 0.0796. The SMILES string of the molecule is CCNC(=NCC1(c2cccc(OC)c2)CCCC1)NC1CCC(=O)N(C)C1. The Hall–Kier alpha value is -2.24. The summed E-state index contributed by atoms with van der Waals surface area (Å²) in [4.78, 5) is 18.5. The second-order valence-corrected chi connectivity index (χ2v) is 8.07. The molecule has 6 heteroatoms. The molecule has 1 aliphatic heterocycles. The highest BCUT2D eigenvalue weighted by molar-refractivity contribution is 5.81. The van der Waals surface area contributed by atoms with E-state index in [-0.39, 0.29) is 17.4 Å². The number of piperidine rings is 1. The average molecular weight is 387 g/mol. The van der Waals surface area contributed by atoms with Crippen LogP contribution < -0.4 is 15.4 Å². The first-order valence-electron chi connectivity index (χ1n) is 10.5. The number of hydrogen-bond donors (Lipinski definition) is 2. The molecule has 1 amide bonds. The molecule has 154 valence electrons. The first-order valence-corrected chi connectivity index (χ1v) is 10.5. The van der Waals surface area contributed by atoms with Crippen LogP contribution in [0.2, 0.25) is 0 Å². The number of carbonyl (C=O) groups is 1. The monoisotopic (exact) mass is 386 g/mol. The van der Waals surface area contributed by atoms with Crippen LogP contribution in [0.1, 0.15) is 51.0 Å². The van der Waals surface area contributed by atoms with Gasteiger partial charge in [-0.2, -0.15) is 0 Å². The highest BCUT2D eigenvalue weighted by Gasteiger charge is 2.36. The number of hydrogen-bond acceptors (Lipinski definition) is 3. The van der Waals surface area contributed by atoms with Gasteiger partial charge in [0.25, 0.3) is 0 Å². The number of guanidine groups is 1. The maximum Gasteiger partial charge on any atom is 0.222 e. The van der Waals surface area contributed by atoms with Crippen molar-refractivity contribution in [3.63, 3.8) is 0 Å². The van der Waals surface area contributed by atoms with Crippen molar-refractivity contribution in [3.8, 4) is 5.75 Å². The summed E-state index contributed by atoms with van der Waals surface area (Å²) in [5, 5.41) is 6.93. The van der Waals surface area contributed by atoms with Crippen LogP contribution in [0.3, 0.4) is 0 Å². The quantitative estimate of drug-likeness (QED) is 0.583. The summed E-state index contributed by atoms with van der Waals surface area (Å²) in [6.07, 6.45) is 6.25. The van der Waals surface area contributed by atoms with E-state index in [4.69, 9.17) is 9.73 Å². The summed E-state index contributed by atoms with van der Waals surface area (Å²) in [6.45, 7) is 4.39. The van der Waals surface area contributed by atoms with Crippen molar-refractivity contribution >= 4 is 11.9 Å². The lowest BCUT2D eigenvalue weighted by Crippen LogP contribution is -2.52. The van der Waals surface area contributed by atoms with Crippen LogP contribution in [0.4, 0.5) is 0 Å². The second kappa shape index (κ2) is 9.30. The van der Waals surface area contributed by atoms with Gasteiger partial charge in [0.05, 0.1) is 13.7 Å². The standard InChI is InChI=1S/C22H34N4O2/c1-4-23-21(25-18-10-11-20(27)26(2)15-18)24-16-22(12-5-6-13-22)17-8-7-9-19(14-17)28-3/h7-9,14,18H,4-6,10-13,15-16H2,1-3H3,(H2,23,24,25). The summed E-state index contributed by atoms with van der Waals surface area (Å²) in [5.74, 6) is 1.99. The number of ether oxygens (including phenoxy) is 1. The van der Waals surface area contributed by atoms with Crippen molar-refractivity contribution in [2.75, 3.05) is 33.8 Å². The number of nitrogens with one attached hydrogen (secondary N) is 2. The van der Waals surface area contributed by atoms with Gasteiger partial charge < -0.3 is 20.3 Å². The Morgan fingerprint density at radius 2 is 2.14 bits per heavy atom. The van der Waals surface area contributed by atoms with E-state index in [9.17, 15) is 4.79 Å². The highest BCUT2D eigenvalue weighted by atomic mass is 16.5. The number of methoxy groups -OCH3 is 1. The van der Waals surface area contributed by atoms with Crippen LogP contribution in [-0.2, 0) is 10.2 Å². The molecule has 1 aromatic rings. The zero-order valence-corrected chi connectivity index (χ0v) is 17.5. The molecule has 1 atom stereocenters. The largest absolute Gasteiger partial charge is 0.497 e. The molecule has 28 heavy (non-hydrogen) atoms. The van der Waals surface area contributed by atoms with E-state index in [1.54, 1.807) is 12.0 Å². The fourth-order valence-electron chi connectivity index (χ4n) is 4.42. The van der Waals surface area contributed by atoms with E-state index < -0.39 is 0 Å². The Bertz CT molecular complexity index is 698. The molecule has 1 aromatic carbocycles. The lowest BCUT2D eigenvalue weighted by molar-refractivity contribution is -0.132. The molecule has 2 aliphatic rings. The molecule has 3 rings (SSSR count). The number of nitrogens with zero attached hydrogens (tertiary/aromatic N) is 2. The molecule has 1 aliphatic carbocycles. The summed E-state index contributed by atoms with van der Waals surface area (Å²) in [5.41, 5.74) is 1.41. The van der Waals surface area contributed by atoms with Crippen molar-refractivity contribution in [1.82, 2.24) is 15.5 Å². The summed E-state index contributed by atoms with van der Waals surface area (Å²) < 4.78 is 5.45. The zero-order valence-electron chi connectivity index (χ0n) is 17.5. The number of amides is 1. The van der Waals surface area contributed by atoms with Crippen molar-refractivity contribution in [2.45, 2.75) is 56.9 Å². The minimum Gasteiger partial charge on any atom is -0.497 e. The first kappa shape index (κ1) is 20.5. The third-order valence-electron chi connectivity index (χ3n) is 6.09. The van der Waals surface area contributed by atoms with Gasteiger partial charge >= 0.3 is 0 Å². The Balaban J connectivity index is 1.74. The fourth-order valence-corrected chi connectivity index (χ4v) is 4.42. The molecule has 6 nitrogen and oxygen atoms in total. The van der Waals surface area contributed by atoms with Gasteiger partial charge in [-0.1, -0.05) is 25.0 Å². The number of likely N-dealkylation sites (N-methyl/N-ethyl adjacent to an activating group) is 1. The van der Waals surface area contributed by atoms with Crippen molar-refractivity contribution < 1.29 is 9.53 Å². The van der Waals surface area contributed by atoms with E-state index in [0.717, 1.165) is 50.6 Å². The molecule has 1 heterocycles. The van der Waals surface area contributed by atoms with Gasteiger partial charge in [0.2, 0.25) is 5.91 Å². The second-order valence-electron chi connectivity index (χ2n) is 8.07. The van der Waals surface area contributed by atoms with E-state index in [1.165, 1.54) is 18.4 Å². The third-order valence-corrected chi connectivity index (χ3v) is 6.09. The number of rotatable bonds is 6. The number of aliphatic imine (C=N–C) groups is 1. The van der Waals surface area contributed by atoms with Crippen LogP contribution in [0.15, 0.2) is 29.3 Å². The van der Waals surface area contributed by atoms with Gasteiger partial charge in [-0.05, 0) is 43.9 Å². The zero-order chi connectivity index (χ0) is 20.0. The maximum atomic E-state index is 11.7. The van der Waals surface area contributed by atoms with Crippen molar-refractivity contribution in [3.05, 3.63) is 29.8 Å². The topological polar surface area (TPSA) is 66.0 Å². The summed E-state index contributed by atoms with van der Waals surface area (Å²) in [7, 11) is 3.59. The third kappa shape index (κ3) is 4.78. The van der Waals surface area contributed by atoms with Gasteiger partial charge in [-0.25, -0.2) is 0 Å². The van der Waals surface area contributed by atoms with Crippen LogP contribution in [-0.4, -0.2) is 56.6 Å². The fraction of sp³-hybridized carbons (Fsp3) is 0.636. The smallest absolute Gasteiger partial charge is 0.222 e. The lowest BCUT2D eigenvalue weighted by atomic mass is 9.79. The minimum absolute atomic E-state index is 0.0796. The van der Waals surface area contributed by atoms with Gasteiger partial charge in [0.15, 0.2) is 5.96 Å². The molecule has 2 N–H and O–H groups in total. The molecule has 2 fully saturated rings. The first-order chi connectivity index (χ1) is 13.6. The van der Waals surface area contributed by atoms with Crippen LogP contribution in [0.5, 0.6) is 5.75 Å². The lowest BCUT2D eigenvalue weighted by Gasteiger charge is -2.32. The predicted molar refractivity (Wildman–Crippen MR) is 113 cm³/mol. The van der Waals surface area contributed by atoms with Gasteiger partial charge in [-0.3, -0.25) is 9.79 Å². The van der Waals surface area contributed by atoms with Crippen molar-refractivity contribution in [1.29, 1.82) is 0 Å². The highest BCUT2D eigenvalue weighted by Crippen LogP contribution is 2.42. The average Bonchev–Trinajstić information content (AvgIpc) is 3.19. The van der Waals surface area contributed by atoms with Crippen LogP contribution in [0, 0.1) is 0 Å². The number of likely N-dealkylation sites (tertiary alicyclic amines) is 1. The normalized spacial score (nSPS) is 22.2. The Labute approximate surface area is 168 Å². The molecule has 1 saturated carbocycles. The molecule has 0 radical (unpaired) electrons. The number of carbonyl (C=O) groups excluding carboxylic acids is 1. The predicted octanol–water partition coefficient (Wildman–Crippen LogP) is 2.68. The van der Waals surface area contributed by atoms with Crippen LogP contribution >= 0.6 is 0 Å². The van der Waals surface area contributed by atoms with Gasteiger partial charge in [0.1, 0.15) is 5.75 Å². The molecular weight excluding hydrogens is 352 g/mol. The molecular formula is C22H34N4O2. The maximum absolute atomic E-state index is 11.7. The van der Waals surface area contributed by atoms with Gasteiger partial charge in [-0.15, -0.1) is 0 Å². The molecule has 1 saturated heterocycles. The number of benzene rings is 1. The molecule has 0 aromatic heterocycles. The van der Waals surface area contributed by atoms with Gasteiger partial charge in [0, 0.05) is 38.0 Å². The Morgan fingerprint density at radius 3 is 2.82 bits per heavy atom. The Kier molecular flexibility index (Phi) is 6.81.